The van der Waals surface area contributed by atoms with Crippen LogP contribution in [0.15, 0.2) is 18.2 Å². The molecule has 0 saturated heterocycles. The molecule has 0 saturated carbocycles. The minimum atomic E-state index is -1.13. The van der Waals surface area contributed by atoms with Gasteiger partial charge in [-0.05, 0) is 38.5 Å². The first kappa shape index (κ1) is 14.4. The van der Waals surface area contributed by atoms with E-state index >= 15 is 0 Å². The van der Waals surface area contributed by atoms with Crippen molar-refractivity contribution < 1.29 is 23.8 Å². The summed E-state index contributed by atoms with van der Waals surface area (Å²) in [6, 6.07) is 5.27. The fourth-order valence-electron chi connectivity index (χ4n) is 2.02. The van der Waals surface area contributed by atoms with E-state index < -0.39 is 11.6 Å². The van der Waals surface area contributed by atoms with Crippen molar-refractivity contribution in [1.29, 1.82) is 0 Å². The summed E-state index contributed by atoms with van der Waals surface area (Å²) in [5.74, 6) is 0.668. The van der Waals surface area contributed by atoms with Crippen molar-refractivity contribution in [3.63, 3.8) is 0 Å². The fraction of sp³-hybridized carbons (Fsp3) is 0.467. The third-order valence-electron chi connectivity index (χ3n) is 3.01. The third kappa shape index (κ3) is 2.92. The summed E-state index contributed by atoms with van der Waals surface area (Å²) in [7, 11) is 0. The Morgan fingerprint density at radius 2 is 2.10 bits per heavy atom. The lowest BCUT2D eigenvalue weighted by Gasteiger charge is -2.33. The van der Waals surface area contributed by atoms with Crippen LogP contribution in [0.1, 0.15) is 26.3 Å². The number of ether oxygens (including phenoxy) is 3. The predicted octanol–water partition coefficient (Wildman–Crippen LogP) is 1.91. The molecule has 0 amide bonds. The van der Waals surface area contributed by atoms with Crippen molar-refractivity contribution in [2.45, 2.75) is 32.8 Å². The Bertz CT molecular complexity index is 537. The lowest BCUT2D eigenvalue weighted by atomic mass is 10.1. The Labute approximate surface area is 117 Å². The topological polar surface area (TPSA) is 61.8 Å². The number of fused-ring (bicyclic) bond motifs is 1. The van der Waals surface area contributed by atoms with Crippen LogP contribution in [0.25, 0.3) is 0 Å². The molecule has 0 fully saturated rings. The minimum Gasteiger partial charge on any atom is -0.485 e. The average Bonchev–Trinajstić information content (AvgIpc) is 2.38. The maximum atomic E-state index is 11.9. The van der Waals surface area contributed by atoms with Crippen LogP contribution < -0.4 is 9.47 Å². The maximum Gasteiger partial charge on any atom is 0.353 e. The highest BCUT2D eigenvalue weighted by atomic mass is 16.6. The van der Waals surface area contributed by atoms with Gasteiger partial charge in [-0.1, -0.05) is 6.07 Å². The number of rotatable bonds is 4. The smallest absolute Gasteiger partial charge is 0.353 e. The number of hydrogen-bond acceptors (Lipinski definition) is 5. The number of carbonyl (C=O) groups is 2. The molecule has 20 heavy (non-hydrogen) atoms. The number of Topliss-reactive ketones (excluding diaryl/α,β-unsaturated/α-hetero) is 1. The van der Waals surface area contributed by atoms with Gasteiger partial charge in [-0.3, -0.25) is 4.79 Å². The van der Waals surface area contributed by atoms with Crippen LogP contribution in [0.3, 0.4) is 0 Å². The molecule has 1 atom stereocenters. The molecule has 0 radical (unpaired) electrons. The number of carbonyl (C=O) groups excluding carboxylic acids is 2. The number of hydrogen-bond donors (Lipinski definition) is 0. The van der Waals surface area contributed by atoms with Crippen molar-refractivity contribution in [2.75, 3.05) is 13.2 Å². The third-order valence-corrected chi connectivity index (χ3v) is 3.01. The molecule has 0 aromatic heterocycles. The van der Waals surface area contributed by atoms with E-state index in [1.165, 1.54) is 6.92 Å². The molecule has 0 N–H and O–H groups in total. The quantitative estimate of drug-likeness (QED) is 0.787. The largest absolute Gasteiger partial charge is 0.485 e. The Hall–Kier alpha value is -2.04. The van der Waals surface area contributed by atoms with Crippen LogP contribution in [-0.2, 0) is 20.7 Å². The molecule has 1 aliphatic heterocycles. The van der Waals surface area contributed by atoms with Gasteiger partial charge in [0.25, 0.3) is 0 Å². The molecule has 1 aromatic rings. The summed E-state index contributed by atoms with van der Waals surface area (Å²) in [4.78, 5) is 23.0. The standard InChI is InChI=1S/C15H18O5/c1-4-18-14(17)15(3)9-19-13-8-11(7-10(2)16)5-6-12(13)20-15/h5-6,8H,4,7,9H2,1-3H3/t15-/m1/s1. The lowest BCUT2D eigenvalue weighted by molar-refractivity contribution is -0.164. The molecule has 1 heterocycles. The molecule has 2 rings (SSSR count). The molecule has 0 aliphatic carbocycles. The van der Waals surface area contributed by atoms with E-state index in [4.69, 9.17) is 14.2 Å². The van der Waals surface area contributed by atoms with Crippen LogP contribution >= 0.6 is 0 Å². The van der Waals surface area contributed by atoms with Gasteiger partial charge in [0, 0.05) is 6.42 Å². The Morgan fingerprint density at radius 1 is 1.35 bits per heavy atom. The van der Waals surface area contributed by atoms with Crippen molar-refractivity contribution in [3.05, 3.63) is 23.8 Å². The lowest BCUT2D eigenvalue weighted by Crippen LogP contribution is -2.50. The van der Waals surface area contributed by atoms with Crippen LogP contribution in [0, 0.1) is 0 Å². The fourth-order valence-corrected chi connectivity index (χ4v) is 2.02. The summed E-state index contributed by atoms with van der Waals surface area (Å²) in [5.41, 5.74) is -0.273. The van der Waals surface area contributed by atoms with Gasteiger partial charge in [0.05, 0.1) is 6.61 Å². The van der Waals surface area contributed by atoms with E-state index in [-0.39, 0.29) is 12.4 Å². The molecule has 108 valence electrons. The molecular formula is C15H18O5. The summed E-state index contributed by atoms with van der Waals surface area (Å²) in [6.07, 6.45) is 0.353. The zero-order valence-corrected chi connectivity index (χ0v) is 11.9. The van der Waals surface area contributed by atoms with E-state index in [1.54, 1.807) is 32.0 Å². The Morgan fingerprint density at radius 3 is 2.75 bits per heavy atom. The zero-order valence-electron chi connectivity index (χ0n) is 11.9. The number of benzene rings is 1. The van der Waals surface area contributed by atoms with Gasteiger partial charge in [-0.2, -0.15) is 0 Å². The van der Waals surface area contributed by atoms with Gasteiger partial charge in [0.2, 0.25) is 5.60 Å². The van der Waals surface area contributed by atoms with Crippen molar-refractivity contribution in [3.8, 4) is 11.5 Å². The van der Waals surface area contributed by atoms with Gasteiger partial charge in [-0.25, -0.2) is 4.79 Å². The van der Waals surface area contributed by atoms with E-state index in [9.17, 15) is 9.59 Å². The second-order valence-electron chi connectivity index (χ2n) is 5.00. The summed E-state index contributed by atoms with van der Waals surface area (Å²) >= 11 is 0. The highest BCUT2D eigenvalue weighted by Gasteiger charge is 2.42. The Balaban J connectivity index is 2.19. The van der Waals surface area contributed by atoms with Gasteiger partial charge in [0.15, 0.2) is 11.5 Å². The maximum absolute atomic E-state index is 11.9. The van der Waals surface area contributed by atoms with Crippen LogP contribution in [0.4, 0.5) is 0 Å². The van der Waals surface area contributed by atoms with Crippen LogP contribution in [-0.4, -0.2) is 30.6 Å². The van der Waals surface area contributed by atoms with E-state index in [0.29, 0.717) is 24.5 Å². The van der Waals surface area contributed by atoms with Crippen molar-refractivity contribution in [1.82, 2.24) is 0 Å². The van der Waals surface area contributed by atoms with Gasteiger partial charge < -0.3 is 14.2 Å². The van der Waals surface area contributed by atoms with Crippen molar-refractivity contribution in [2.24, 2.45) is 0 Å². The highest BCUT2D eigenvalue weighted by molar-refractivity contribution is 5.81. The molecule has 0 unspecified atom stereocenters. The van der Waals surface area contributed by atoms with Gasteiger partial charge in [-0.15, -0.1) is 0 Å². The molecule has 0 spiro atoms. The Kier molecular flexibility index (Phi) is 3.97. The van der Waals surface area contributed by atoms with Crippen LogP contribution in [0.5, 0.6) is 11.5 Å². The second-order valence-corrected chi connectivity index (χ2v) is 5.00. The van der Waals surface area contributed by atoms with E-state index in [1.807, 2.05) is 0 Å². The first-order valence-electron chi connectivity index (χ1n) is 6.56. The van der Waals surface area contributed by atoms with Crippen LogP contribution in [0.2, 0.25) is 0 Å². The molecule has 1 aliphatic rings. The van der Waals surface area contributed by atoms with Gasteiger partial charge >= 0.3 is 5.97 Å². The number of esters is 1. The number of ketones is 1. The molecule has 5 heteroatoms. The molecule has 1 aromatic carbocycles. The monoisotopic (exact) mass is 278 g/mol. The average molecular weight is 278 g/mol. The first-order chi connectivity index (χ1) is 9.44. The molecule has 5 nitrogen and oxygen atoms in total. The SMILES string of the molecule is CCOC(=O)[C@@]1(C)COc2cc(CC(C)=O)ccc2O1. The zero-order chi connectivity index (χ0) is 14.8. The summed E-state index contributed by atoms with van der Waals surface area (Å²) < 4.78 is 16.3. The molecule has 0 bridgehead atoms. The minimum absolute atomic E-state index is 0.0815. The summed E-state index contributed by atoms with van der Waals surface area (Å²) in [6.45, 7) is 5.30. The second kappa shape index (κ2) is 5.53. The highest BCUT2D eigenvalue weighted by Crippen LogP contribution is 2.36. The van der Waals surface area contributed by atoms with E-state index in [2.05, 4.69) is 0 Å². The normalized spacial score (nSPS) is 20.4. The van der Waals surface area contributed by atoms with E-state index in [0.717, 1.165) is 5.56 Å². The summed E-state index contributed by atoms with van der Waals surface area (Å²) in [5, 5.41) is 0. The first-order valence-corrected chi connectivity index (χ1v) is 6.56. The predicted molar refractivity (Wildman–Crippen MR) is 72.0 cm³/mol. The molecular weight excluding hydrogens is 260 g/mol. The van der Waals surface area contributed by atoms with Gasteiger partial charge in [0.1, 0.15) is 12.4 Å². The van der Waals surface area contributed by atoms with Crippen molar-refractivity contribution >= 4 is 11.8 Å².